The minimum absolute atomic E-state index is 0.604. The van der Waals surface area contributed by atoms with Gasteiger partial charge in [-0.3, -0.25) is 5.41 Å². The summed E-state index contributed by atoms with van der Waals surface area (Å²) in [5.74, 6) is 0. The van der Waals surface area contributed by atoms with E-state index in [1.165, 1.54) is 23.4 Å². The molecule has 0 aliphatic heterocycles. The highest BCUT2D eigenvalue weighted by Gasteiger charge is 2.04. The van der Waals surface area contributed by atoms with Crippen molar-refractivity contribution >= 4 is 33.6 Å². The average Bonchev–Trinajstić information content (AvgIpc) is 2.53. The quantitative estimate of drug-likeness (QED) is 0.838. The fourth-order valence-electron chi connectivity index (χ4n) is 1.53. The lowest BCUT2D eigenvalue weighted by Crippen LogP contribution is -2.10. The Bertz CT molecular complexity index is 530. The van der Waals surface area contributed by atoms with Crippen LogP contribution in [-0.4, -0.2) is 11.7 Å². The monoisotopic (exact) mass is 240 g/mol. The largest absolute Gasteiger partial charge is 0.317 e. The van der Waals surface area contributed by atoms with E-state index in [4.69, 9.17) is 9.59 Å². The highest BCUT2D eigenvalue weighted by molar-refractivity contribution is 7.94. The number of fused-ring (bicyclic) bond motifs is 1. The first kappa shape index (κ1) is 10.7. The van der Waals surface area contributed by atoms with Gasteiger partial charge in [-0.05, 0) is 25.1 Å². The molecule has 1 aromatic carbocycles. The van der Waals surface area contributed by atoms with Gasteiger partial charge in [0.05, 0.1) is 17.3 Å². The Balaban J connectivity index is 2.59. The van der Waals surface area contributed by atoms with Crippen LogP contribution in [-0.2, 0) is 10.7 Å². The minimum atomic E-state index is 0.604. The average molecular weight is 240 g/mol. The fourth-order valence-corrected chi connectivity index (χ4v) is 3.10. The molecular formula is C10H12N2OS2. The number of hydrogen-bond acceptors (Lipinski definition) is 4. The van der Waals surface area contributed by atoms with Gasteiger partial charge in [-0.1, -0.05) is 11.3 Å². The summed E-state index contributed by atoms with van der Waals surface area (Å²) in [7, 11) is 1.66. The smallest absolute Gasteiger partial charge is 0.182 e. The van der Waals surface area contributed by atoms with Crippen LogP contribution in [0.5, 0.6) is 0 Å². The number of benzene rings is 1. The van der Waals surface area contributed by atoms with E-state index in [-0.39, 0.29) is 0 Å². The molecule has 0 saturated carbocycles. The highest BCUT2D eigenvalue weighted by atomic mass is 32.2. The van der Waals surface area contributed by atoms with Gasteiger partial charge >= 0.3 is 0 Å². The van der Waals surface area contributed by atoms with Crippen LogP contribution < -0.4 is 4.80 Å². The van der Waals surface area contributed by atoms with Crippen LogP contribution in [0.25, 0.3) is 10.2 Å². The third kappa shape index (κ3) is 1.95. The van der Waals surface area contributed by atoms with Crippen LogP contribution >= 0.6 is 23.4 Å². The molecule has 0 aliphatic carbocycles. The SMILES string of the molecule is CCn1c(=N)sc2cc(SOC)ccc21. The number of rotatable bonds is 3. The Kier molecular flexibility index (Phi) is 3.14. The number of thiazole rings is 1. The Labute approximate surface area is 96.4 Å². The molecule has 2 rings (SSSR count). The van der Waals surface area contributed by atoms with E-state index in [0.717, 1.165) is 21.7 Å². The van der Waals surface area contributed by atoms with Gasteiger partial charge in [-0.15, -0.1) is 0 Å². The van der Waals surface area contributed by atoms with E-state index in [0.29, 0.717) is 4.80 Å². The molecule has 5 heteroatoms. The lowest BCUT2D eigenvalue weighted by Gasteiger charge is -2.00. The zero-order valence-electron chi connectivity index (χ0n) is 8.61. The molecule has 0 radical (unpaired) electrons. The lowest BCUT2D eigenvalue weighted by atomic mass is 10.3. The predicted octanol–water partition coefficient (Wildman–Crippen LogP) is 2.86. The van der Waals surface area contributed by atoms with Gasteiger partial charge in [-0.25, -0.2) is 0 Å². The lowest BCUT2D eigenvalue weighted by molar-refractivity contribution is 0.490. The van der Waals surface area contributed by atoms with Gasteiger partial charge in [0.15, 0.2) is 4.80 Å². The van der Waals surface area contributed by atoms with Crippen molar-refractivity contribution in [1.82, 2.24) is 4.57 Å². The van der Waals surface area contributed by atoms with Crippen LogP contribution in [0.4, 0.5) is 0 Å². The maximum atomic E-state index is 7.81. The normalized spacial score (nSPS) is 11.1. The molecule has 0 fully saturated rings. The Morgan fingerprint density at radius 2 is 2.33 bits per heavy atom. The molecule has 0 amide bonds. The van der Waals surface area contributed by atoms with E-state index < -0.39 is 0 Å². The summed E-state index contributed by atoms with van der Waals surface area (Å²) in [6.45, 7) is 2.90. The zero-order valence-corrected chi connectivity index (χ0v) is 10.2. The number of nitrogens with one attached hydrogen (secondary N) is 1. The van der Waals surface area contributed by atoms with E-state index in [1.54, 1.807) is 7.11 Å². The van der Waals surface area contributed by atoms with Crippen LogP contribution in [0.15, 0.2) is 23.1 Å². The second kappa shape index (κ2) is 4.38. The first-order valence-electron chi connectivity index (χ1n) is 4.65. The molecule has 1 N–H and O–H groups in total. The third-order valence-corrected chi connectivity index (χ3v) is 3.74. The topological polar surface area (TPSA) is 38.0 Å². The van der Waals surface area contributed by atoms with E-state index in [2.05, 4.69) is 19.1 Å². The predicted molar refractivity (Wildman–Crippen MR) is 64.2 cm³/mol. The molecule has 3 nitrogen and oxygen atoms in total. The summed E-state index contributed by atoms with van der Waals surface area (Å²) < 4.78 is 8.15. The van der Waals surface area contributed by atoms with Crippen molar-refractivity contribution in [2.24, 2.45) is 0 Å². The van der Waals surface area contributed by atoms with Crippen molar-refractivity contribution in [3.63, 3.8) is 0 Å². The van der Waals surface area contributed by atoms with Gasteiger partial charge in [0.1, 0.15) is 0 Å². The standard InChI is InChI=1S/C10H12N2OS2/c1-3-12-8-5-4-7(15-13-2)6-9(8)14-10(12)11/h4-6,11H,3H2,1-2H3. The molecule has 0 spiro atoms. The van der Waals surface area contributed by atoms with Gasteiger partial charge in [0.25, 0.3) is 0 Å². The van der Waals surface area contributed by atoms with Crippen LogP contribution in [0.3, 0.4) is 0 Å². The number of hydrogen-bond donors (Lipinski definition) is 1. The summed E-state index contributed by atoms with van der Waals surface area (Å²) in [4.78, 5) is 1.68. The van der Waals surface area contributed by atoms with Crippen molar-refractivity contribution in [3.05, 3.63) is 23.0 Å². The summed E-state index contributed by atoms with van der Waals surface area (Å²) in [5.41, 5.74) is 1.13. The second-order valence-electron chi connectivity index (χ2n) is 3.03. The van der Waals surface area contributed by atoms with Crippen molar-refractivity contribution in [3.8, 4) is 0 Å². The van der Waals surface area contributed by atoms with Crippen LogP contribution in [0, 0.1) is 5.41 Å². The van der Waals surface area contributed by atoms with Crippen molar-refractivity contribution in [2.45, 2.75) is 18.4 Å². The molecule has 0 aliphatic rings. The van der Waals surface area contributed by atoms with Crippen LogP contribution in [0.1, 0.15) is 6.92 Å². The molecule has 1 aromatic heterocycles. The van der Waals surface area contributed by atoms with Gasteiger partial charge in [0, 0.05) is 23.5 Å². The number of aromatic nitrogens is 1. The first-order chi connectivity index (χ1) is 7.26. The maximum Gasteiger partial charge on any atom is 0.182 e. The van der Waals surface area contributed by atoms with Crippen molar-refractivity contribution in [1.29, 1.82) is 5.41 Å². The maximum absolute atomic E-state index is 7.81. The summed E-state index contributed by atoms with van der Waals surface area (Å²) in [6, 6.07) is 6.14. The molecule has 0 bridgehead atoms. The van der Waals surface area contributed by atoms with Gasteiger partial charge in [0.2, 0.25) is 0 Å². The molecule has 0 saturated heterocycles. The first-order valence-corrected chi connectivity index (χ1v) is 6.20. The third-order valence-electron chi connectivity index (χ3n) is 2.17. The van der Waals surface area contributed by atoms with E-state index in [9.17, 15) is 0 Å². The molecule has 1 heterocycles. The minimum Gasteiger partial charge on any atom is -0.317 e. The molecule has 0 atom stereocenters. The number of nitrogens with zero attached hydrogens (tertiary/aromatic N) is 1. The van der Waals surface area contributed by atoms with Crippen LogP contribution in [0.2, 0.25) is 0 Å². The van der Waals surface area contributed by atoms with Crippen molar-refractivity contribution < 1.29 is 4.18 Å². The number of aryl methyl sites for hydroxylation is 1. The fraction of sp³-hybridized carbons (Fsp3) is 0.300. The van der Waals surface area contributed by atoms with Gasteiger partial charge in [-0.2, -0.15) is 0 Å². The molecular weight excluding hydrogens is 228 g/mol. The molecule has 80 valence electrons. The zero-order chi connectivity index (χ0) is 10.8. The Hall–Kier alpha value is -0.780. The summed E-state index contributed by atoms with van der Waals surface area (Å²) >= 11 is 2.85. The molecule has 0 unspecified atom stereocenters. The van der Waals surface area contributed by atoms with E-state index in [1.807, 2.05) is 10.6 Å². The Morgan fingerprint density at radius 3 is 3.00 bits per heavy atom. The summed E-state index contributed by atoms with van der Waals surface area (Å²) in [6.07, 6.45) is 0. The van der Waals surface area contributed by atoms with E-state index >= 15 is 0 Å². The summed E-state index contributed by atoms with van der Waals surface area (Å²) in [5, 5.41) is 7.81. The molecule has 15 heavy (non-hydrogen) atoms. The van der Waals surface area contributed by atoms with Crippen molar-refractivity contribution in [2.75, 3.05) is 7.11 Å². The Morgan fingerprint density at radius 1 is 1.53 bits per heavy atom. The molecule has 2 aromatic rings. The second-order valence-corrected chi connectivity index (χ2v) is 5.03. The van der Waals surface area contributed by atoms with Gasteiger partial charge < -0.3 is 8.75 Å². The highest BCUT2D eigenvalue weighted by Crippen LogP contribution is 2.25.